The van der Waals surface area contributed by atoms with Crippen LogP contribution in [0.2, 0.25) is 0 Å². The van der Waals surface area contributed by atoms with Crippen LogP contribution in [0.25, 0.3) is 5.69 Å². The highest BCUT2D eigenvalue weighted by molar-refractivity contribution is 5.93. The van der Waals surface area contributed by atoms with Gasteiger partial charge >= 0.3 is 0 Å². The molecule has 0 aliphatic carbocycles. The molecule has 1 aromatic heterocycles. The Morgan fingerprint density at radius 1 is 0.882 bits per heavy atom. The Balaban J connectivity index is 1.23. The third-order valence-electron chi connectivity index (χ3n) is 7.13. The van der Waals surface area contributed by atoms with E-state index in [9.17, 15) is 9.59 Å². The zero-order valence-electron chi connectivity index (χ0n) is 20.1. The lowest BCUT2D eigenvalue weighted by Gasteiger charge is -2.36. The van der Waals surface area contributed by atoms with Crippen LogP contribution < -0.4 is 0 Å². The molecule has 0 radical (unpaired) electrons. The monoisotopic (exact) mass is 457 g/mol. The topological polar surface area (TPSA) is 71.3 Å². The summed E-state index contributed by atoms with van der Waals surface area (Å²) in [5.74, 6) is 0.0891. The highest BCUT2D eigenvalue weighted by Gasteiger charge is 2.33. The maximum absolute atomic E-state index is 13.2. The molecule has 7 heteroatoms. The van der Waals surface area contributed by atoms with Gasteiger partial charge in [-0.05, 0) is 62.8 Å². The minimum absolute atomic E-state index is 0.0266. The number of carbonyl (C=O) groups excluding carboxylic acids is 2. The average Bonchev–Trinajstić information content (AvgIpc) is 3.24. The first-order valence-corrected chi connectivity index (χ1v) is 12.1. The van der Waals surface area contributed by atoms with Gasteiger partial charge in [0.05, 0.1) is 11.4 Å². The fourth-order valence-corrected chi connectivity index (χ4v) is 5.14. The number of nitrogens with zero attached hydrogens (tertiary/aromatic N) is 5. The molecule has 2 aromatic carbocycles. The van der Waals surface area contributed by atoms with Crippen molar-refractivity contribution in [3.63, 3.8) is 0 Å². The molecule has 2 amide bonds. The smallest absolute Gasteiger partial charge is 0.276 e. The number of piperidine rings is 1. The van der Waals surface area contributed by atoms with E-state index in [1.807, 2.05) is 48.8 Å². The SMILES string of the molecule is Cc1ccc(-n2nc(C)c(C(=O)N3CCC(C(=O)N4CCc5ccccc5C4)CC3)n2)c(C)c1. The van der Waals surface area contributed by atoms with Crippen LogP contribution in [-0.4, -0.2) is 56.2 Å². The van der Waals surface area contributed by atoms with Gasteiger partial charge in [-0.3, -0.25) is 9.59 Å². The molecule has 2 aliphatic rings. The first-order chi connectivity index (χ1) is 16.4. The Hall–Kier alpha value is -3.48. The molecular formula is C27H31N5O2. The molecule has 2 aliphatic heterocycles. The van der Waals surface area contributed by atoms with E-state index in [1.54, 1.807) is 4.80 Å². The van der Waals surface area contributed by atoms with Gasteiger partial charge in [-0.15, -0.1) is 5.10 Å². The Morgan fingerprint density at radius 2 is 1.62 bits per heavy atom. The zero-order chi connectivity index (χ0) is 23.8. The summed E-state index contributed by atoms with van der Waals surface area (Å²) in [7, 11) is 0. The summed E-state index contributed by atoms with van der Waals surface area (Å²) in [5, 5.41) is 9.04. The predicted octanol–water partition coefficient (Wildman–Crippen LogP) is 3.63. The molecule has 1 fully saturated rings. The van der Waals surface area contributed by atoms with Crippen molar-refractivity contribution in [3.8, 4) is 5.69 Å². The van der Waals surface area contributed by atoms with E-state index < -0.39 is 0 Å². The molecule has 3 heterocycles. The second-order valence-corrected chi connectivity index (χ2v) is 9.56. The second kappa shape index (κ2) is 9.05. The molecular weight excluding hydrogens is 426 g/mol. The van der Waals surface area contributed by atoms with Crippen molar-refractivity contribution in [2.24, 2.45) is 5.92 Å². The molecule has 0 spiro atoms. The lowest BCUT2D eigenvalue weighted by Crippen LogP contribution is -2.45. The van der Waals surface area contributed by atoms with Gasteiger partial charge in [-0.25, -0.2) is 0 Å². The number of hydrogen-bond donors (Lipinski definition) is 0. The number of amides is 2. The number of aryl methyl sites for hydroxylation is 3. The van der Waals surface area contributed by atoms with Crippen LogP contribution in [-0.2, 0) is 17.8 Å². The van der Waals surface area contributed by atoms with Crippen LogP contribution in [0.1, 0.15) is 51.3 Å². The van der Waals surface area contributed by atoms with Crippen molar-refractivity contribution < 1.29 is 9.59 Å². The number of fused-ring (bicyclic) bond motifs is 1. The third-order valence-corrected chi connectivity index (χ3v) is 7.13. The fourth-order valence-electron chi connectivity index (χ4n) is 5.14. The second-order valence-electron chi connectivity index (χ2n) is 9.56. The van der Waals surface area contributed by atoms with E-state index >= 15 is 0 Å². The average molecular weight is 458 g/mol. The molecule has 5 rings (SSSR count). The number of carbonyl (C=O) groups is 2. The van der Waals surface area contributed by atoms with E-state index in [4.69, 9.17) is 0 Å². The van der Waals surface area contributed by atoms with Crippen molar-refractivity contribution in [3.05, 3.63) is 76.1 Å². The number of aromatic nitrogens is 3. The van der Waals surface area contributed by atoms with Crippen molar-refractivity contribution >= 4 is 11.8 Å². The summed E-state index contributed by atoms with van der Waals surface area (Å²) < 4.78 is 0. The van der Waals surface area contributed by atoms with E-state index in [1.165, 1.54) is 16.7 Å². The fraction of sp³-hybridized carbons (Fsp3) is 0.407. The highest BCUT2D eigenvalue weighted by Crippen LogP contribution is 2.25. The highest BCUT2D eigenvalue weighted by atomic mass is 16.2. The van der Waals surface area contributed by atoms with Crippen molar-refractivity contribution in [1.29, 1.82) is 0 Å². The summed E-state index contributed by atoms with van der Waals surface area (Å²) in [6, 6.07) is 14.4. The van der Waals surface area contributed by atoms with Gasteiger partial charge < -0.3 is 9.80 Å². The Labute approximate surface area is 200 Å². The van der Waals surface area contributed by atoms with Crippen LogP contribution in [0.5, 0.6) is 0 Å². The Morgan fingerprint density at radius 3 is 2.35 bits per heavy atom. The molecule has 0 bridgehead atoms. The van der Waals surface area contributed by atoms with E-state index in [-0.39, 0.29) is 17.7 Å². The van der Waals surface area contributed by atoms with Crippen LogP contribution >= 0.6 is 0 Å². The lowest BCUT2D eigenvalue weighted by atomic mass is 9.93. The first kappa shape index (κ1) is 22.3. The summed E-state index contributed by atoms with van der Waals surface area (Å²) in [4.78, 5) is 31.8. The molecule has 7 nitrogen and oxygen atoms in total. The van der Waals surface area contributed by atoms with Gasteiger partial charge in [-0.2, -0.15) is 9.90 Å². The zero-order valence-corrected chi connectivity index (χ0v) is 20.1. The first-order valence-electron chi connectivity index (χ1n) is 12.1. The molecule has 0 atom stereocenters. The minimum Gasteiger partial charge on any atom is -0.338 e. The summed E-state index contributed by atoms with van der Waals surface area (Å²) in [5.41, 5.74) is 6.71. The molecule has 34 heavy (non-hydrogen) atoms. The van der Waals surface area contributed by atoms with Crippen molar-refractivity contribution in [2.45, 2.75) is 46.6 Å². The van der Waals surface area contributed by atoms with Crippen LogP contribution in [0.4, 0.5) is 0 Å². The molecule has 0 unspecified atom stereocenters. The van der Waals surface area contributed by atoms with Gasteiger partial charge in [0, 0.05) is 32.1 Å². The molecule has 0 saturated carbocycles. The Bertz CT molecular complexity index is 1240. The van der Waals surface area contributed by atoms with Gasteiger partial charge in [0.2, 0.25) is 5.91 Å². The van der Waals surface area contributed by atoms with Crippen LogP contribution in [0.3, 0.4) is 0 Å². The normalized spacial score (nSPS) is 16.4. The Kier molecular flexibility index (Phi) is 5.94. The van der Waals surface area contributed by atoms with Gasteiger partial charge in [0.1, 0.15) is 0 Å². The lowest BCUT2D eigenvalue weighted by molar-refractivity contribution is -0.137. The van der Waals surface area contributed by atoms with Gasteiger partial charge in [0.25, 0.3) is 5.91 Å². The minimum atomic E-state index is -0.105. The molecule has 1 saturated heterocycles. The number of likely N-dealkylation sites (tertiary alicyclic amines) is 1. The number of rotatable bonds is 3. The van der Waals surface area contributed by atoms with E-state index in [2.05, 4.69) is 34.5 Å². The number of benzene rings is 2. The van der Waals surface area contributed by atoms with Crippen molar-refractivity contribution in [2.75, 3.05) is 19.6 Å². The maximum atomic E-state index is 13.2. The number of hydrogen-bond acceptors (Lipinski definition) is 4. The largest absolute Gasteiger partial charge is 0.338 e. The predicted molar refractivity (Wildman–Crippen MR) is 130 cm³/mol. The quantitative estimate of drug-likeness (QED) is 0.602. The summed E-state index contributed by atoms with van der Waals surface area (Å²) >= 11 is 0. The molecule has 3 aromatic rings. The van der Waals surface area contributed by atoms with Gasteiger partial charge in [0.15, 0.2) is 5.69 Å². The van der Waals surface area contributed by atoms with Crippen molar-refractivity contribution in [1.82, 2.24) is 24.8 Å². The summed E-state index contributed by atoms with van der Waals surface area (Å²) in [6.45, 7) is 8.48. The third kappa shape index (κ3) is 4.22. The van der Waals surface area contributed by atoms with E-state index in [0.717, 1.165) is 24.2 Å². The standard InChI is InChI=1S/C27H31N5O2/c1-18-8-9-24(19(2)16-18)32-28-20(3)25(29-32)27(34)30-13-11-22(12-14-30)26(33)31-15-10-21-6-4-5-7-23(21)17-31/h4-9,16,22H,10-15,17H2,1-3H3. The van der Waals surface area contributed by atoms with E-state index in [0.29, 0.717) is 43.9 Å². The molecule has 0 N–H and O–H groups in total. The van der Waals surface area contributed by atoms with Gasteiger partial charge in [-0.1, -0.05) is 42.0 Å². The van der Waals surface area contributed by atoms with Crippen LogP contribution in [0, 0.1) is 26.7 Å². The maximum Gasteiger partial charge on any atom is 0.276 e. The van der Waals surface area contributed by atoms with Crippen LogP contribution in [0.15, 0.2) is 42.5 Å². The molecule has 176 valence electrons. The summed E-state index contributed by atoms with van der Waals surface area (Å²) in [6.07, 6.45) is 2.29.